The zero-order valence-electron chi connectivity index (χ0n) is 12.1. The zero-order valence-corrected chi connectivity index (χ0v) is 12.1. The molecule has 106 valence electrons. The van der Waals surface area contributed by atoms with Crippen molar-refractivity contribution in [2.75, 3.05) is 6.54 Å². The van der Waals surface area contributed by atoms with Crippen LogP contribution >= 0.6 is 0 Å². The fraction of sp³-hybridized carbons (Fsp3) is 0.294. The van der Waals surface area contributed by atoms with Crippen LogP contribution in [0.4, 0.5) is 0 Å². The van der Waals surface area contributed by atoms with Crippen LogP contribution < -0.4 is 0 Å². The molecular formula is C17H18N4. The van der Waals surface area contributed by atoms with Crippen molar-refractivity contribution in [3.05, 3.63) is 59.3 Å². The van der Waals surface area contributed by atoms with Gasteiger partial charge in [0.1, 0.15) is 5.82 Å². The van der Waals surface area contributed by atoms with Crippen LogP contribution in [-0.2, 0) is 19.5 Å². The van der Waals surface area contributed by atoms with Crippen LogP contribution in [0.2, 0.25) is 0 Å². The lowest BCUT2D eigenvalue weighted by molar-refractivity contribution is 0.241. The molecule has 0 saturated carbocycles. The Morgan fingerprint density at radius 2 is 2.19 bits per heavy atom. The summed E-state index contributed by atoms with van der Waals surface area (Å²) in [5.41, 5.74) is 5.06. The Balaban J connectivity index is 1.59. The smallest absolute Gasteiger partial charge is 0.125 e. The number of nitrogens with zero attached hydrogens (tertiary/aromatic N) is 3. The van der Waals surface area contributed by atoms with Crippen LogP contribution in [0.1, 0.15) is 22.6 Å². The summed E-state index contributed by atoms with van der Waals surface area (Å²) >= 11 is 0. The topological polar surface area (TPSA) is 44.8 Å². The van der Waals surface area contributed by atoms with Crippen molar-refractivity contribution in [2.45, 2.75) is 26.4 Å². The molecule has 0 unspecified atom stereocenters. The molecule has 0 saturated heterocycles. The van der Waals surface area contributed by atoms with Crippen molar-refractivity contribution in [1.29, 1.82) is 0 Å². The molecule has 0 bridgehead atoms. The molecule has 21 heavy (non-hydrogen) atoms. The molecule has 1 aliphatic heterocycles. The van der Waals surface area contributed by atoms with E-state index in [-0.39, 0.29) is 0 Å². The average molecular weight is 278 g/mol. The lowest BCUT2D eigenvalue weighted by atomic mass is 10.1. The van der Waals surface area contributed by atoms with Gasteiger partial charge in [0.25, 0.3) is 0 Å². The predicted octanol–water partition coefficient (Wildman–Crippen LogP) is 2.82. The highest BCUT2D eigenvalue weighted by Gasteiger charge is 2.19. The van der Waals surface area contributed by atoms with E-state index in [4.69, 9.17) is 0 Å². The molecule has 1 aromatic carbocycles. The SMILES string of the molecule is Cc1ncc2c(n1)CN(Cc1c[nH]c3ccccc13)CC2. The number of rotatable bonds is 2. The molecule has 0 atom stereocenters. The number of hydrogen-bond acceptors (Lipinski definition) is 3. The molecule has 0 radical (unpaired) electrons. The van der Waals surface area contributed by atoms with Crippen LogP contribution in [0, 0.1) is 6.92 Å². The van der Waals surface area contributed by atoms with Gasteiger partial charge in [-0.2, -0.15) is 0 Å². The third kappa shape index (κ3) is 2.32. The number of aryl methyl sites for hydroxylation is 1. The van der Waals surface area contributed by atoms with Gasteiger partial charge >= 0.3 is 0 Å². The molecule has 1 N–H and O–H groups in total. The highest BCUT2D eigenvalue weighted by Crippen LogP contribution is 2.22. The molecular weight excluding hydrogens is 260 g/mol. The third-order valence-electron chi connectivity index (χ3n) is 4.21. The molecule has 0 fully saturated rings. The van der Waals surface area contributed by atoms with Crippen molar-refractivity contribution >= 4 is 10.9 Å². The van der Waals surface area contributed by atoms with Gasteiger partial charge < -0.3 is 4.98 Å². The maximum Gasteiger partial charge on any atom is 0.125 e. The number of aromatic amines is 1. The van der Waals surface area contributed by atoms with Crippen molar-refractivity contribution in [2.24, 2.45) is 0 Å². The van der Waals surface area contributed by atoms with Gasteiger partial charge in [-0.25, -0.2) is 9.97 Å². The fourth-order valence-corrected chi connectivity index (χ4v) is 3.10. The van der Waals surface area contributed by atoms with Crippen LogP contribution in [0.5, 0.6) is 0 Å². The molecule has 4 heteroatoms. The van der Waals surface area contributed by atoms with Crippen LogP contribution in [0.15, 0.2) is 36.7 Å². The summed E-state index contributed by atoms with van der Waals surface area (Å²) in [5, 5.41) is 1.32. The van der Waals surface area contributed by atoms with Gasteiger partial charge in [-0.15, -0.1) is 0 Å². The van der Waals surface area contributed by atoms with Crippen LogP contribution in [-0.4, -0.2) is 26.4 Å². The lowest BCUT2D eigenvalue weighted by Crippen LogP contribution is -2.31. The average Bonchev–Trinajstić information content (AvgIpc) is 2.90. The van der Waals surface area contributed by atoms with Crippen molar-refractivity contribution < 1.29 is 0 Å². The Labute approximate surface area is 123 Å². The number of para-hydroxylation sites is 1. The number of nitrogens with one attached hydrogen (secondary N) is 1. The van der Waals surface area contributed by atoms with Gasteiger partial charge in [0.05, 0.1) is 5.69 Å². The first-order valence-electron chi connectivity index (χ1n) is 7.38. The Bertz CT molecular complexity index is 790. The minimum Gasteiger partial charge on any atom is -0.361 e. The van der Waals surface area contributed by atoms with Crippen LogP contribution in [0.25, 0.3) is 10.9 Å². The maximum absolute atomic E-state index is 4.59. The second-order valence-electron chi connectivity index (χ2n) is 5.71. The summed E-state index contributed by atoms with van der Waals surface area (Å²) in [6.07, 6.45) is 5.16. The van der Waals surface area contributed by atoms with E-state index in [9.17, 15) is 0 Å². The largest absolute Gasteiger partial charge is 0.361 e. The molecule has 0 spiro atoms. The van der Waals surface area contributed by atoms with Gasteiger partial charge in [0.2, 0.25) is 0 Å². The summed E-state index contributed by atoms with van der Waals surface area (Å²) in [6.45, 7) is 4.91. The number of benzene rings is 1. The minimum absolute atomic E-state index is 0.864. The molecule has 3 heterocycles. The Morgan fingerprint density at radius 3 is 3.14 bits per heavy atom. The minimum atomic E-state index is 0.864. The zero-order chi connectivity index (χ0) is 14.2. The monoisotopic (exact) mass is 278 g/mol. The molecule has 1 aliphatic rings. The molecule has 2 aromatic heterocycles. The van der Waals surface area contributed by atoms with E-state index in [1.165, 1.54) is 27.7 Å². The highest BCUT2D eigenvalue weighted by molar-refractivity contribution is 5.82. The summed E-state index contributed by atoms with van der Waals surface area (Å²) in [4.78, 5) is 14.7. The molecule has 0 amide bonds. The molecule has 0 aliphatic carbocycles. The number of hydrogen-bond donors (Lipinski definition) is 1. The second-order valence-corrected chi connectivity index (χ2v) is 5.71. The van der Waals surface area contributed by atoms with Gasteiger partial charge in [-0.05, 0) is 30.5 Å². The van der Waals surface area contributed by atoms with E-state index in [0.29, 0.717) is 0 Å². The van der Waals surface area contributed by atoms with E-state index in [1.54, 1.807) is 0 Å². The van der Waals surface area contributed by atoms with Gasteiger partial charge in [0.15, 0.2) is 0 Å². The van der Waals surface area contributed by atoms with Crippen LogP contribution in [0.3, 0.4) is 0 Å². The normalized spacial score (nSPS) is 15.3. The maximum atomic E-state index is 4.59. The van der Waals surface area contributed by atoms with Crippen molar-refractivity contribution in [1.82, 2.24) is 19.9 Å². The Kier molecular flexibility index (Phi) is 2.97. The van der Waals surface area contributed by atoms with E-state index in [1.807, 2.05) is 13.1 Å². The van der Waals surface area contributed by atoms with E-state index in [2.05, 4.69) is 50.3 Å². The van der Waals surface area contributed by atoms with Gasteiger partial charge in [-0.3, -0.25) is 4.90 Å². The van der Waals surface area contributed by atoms with E-state index in [0.717, 1.165) is 31.9 Å². The van der Waals surface area contributed by atoms with Gasteiger partial charge in [0, 0.05) is 42.9 Å². The third-order valence-corrected chi connectivity index (χ3v) is 4.21. The quantitative estimate of drug-likeness (QED) is 0.784. The lowest BCUT2D eigenvalue weighted by Gasteiger charge is -2.27. The Morgan fingerprint density at radius 1 is 1.29 bits per heavy atom. The first kappa shape index (κ1) is 12.5. The Hall–Kier alpha value is -2.20. The van der Waals surface area contributed by atoms with E-state index < -0.39 is 0 Å². The standard InChI is InChI=1S/C17H18N4/c1-12-18-8-13-6-7-21(11-17(13)20-12)10-14-9-19-16-5-3-2-4-15(14)16/h2-5,8-9,19H,6-7,10-11H2,1H3. The molecule has 4 nitrogen and oxygen atoms in total. The number of fused-ring (bicyclic) bond motifs is 2. The van der Waals surface area contributed by atoms with Crippen molar-refractivity contribution in [3.8, 4) is 0 Å². The van der Waals surface area contributed by atoms with Gasteiger partial charge in [-0.1, -0.05) is 18.2 Å². The predicted molar refractivity (Wildman–Crippen MR) is 82.9 cm³/mol. The summed E-state index contributed by atoms with van der Waals surface area (Å²) in [7, 11) is 0. The van der Waals surface area contributed by atoms with E-state index >= 15 is 0 Å². The van der Waals surface area contributed by atoms with Crippen molar-refractivity contribution in [3.63, 3.8) is 0 Å². The molecule has 4 rings (SSSR count). The summed E-state index contributed by atoms with van der Waals surface area (Å²) in [5.74, 6) is 0.864. The second kappa shape index (κ2) is 4.97. The number of H-pyrrole nitrogens is 1. The fourth-order valence-electron chi connectivity index (χ4n) is 3.10. The first-order valence-corrected chi connectivity index (χ1v) is 7.38. The summed E-state index contributed by atoms with van der Waals surface area (Å²) < 4.78 is 0. The molecule has 3 aromatic rings. The first-order chi connectivity index (χ1) is 10.3. The number of aromatic nitrogens is 3. The highest BCUT2D eigenvalue weighted by atomic mass is 15.1. The summed E-state index contributed by atoms with van der Waals surface area (Å²) in [6, 6.07) is 8.48.